The highest BCUT2D eigenvalue weighted by atomic mass is 35.5. The zero-order chi connectivity index (χ0) is 15.6. The minimum absolute atomic E-state index is 0.194. The number of hydrogen-bond donors (Lipinski definition) is 2. The quantitative estimate of drug-likeness (QED) is 0.508. The Morgan fingerprint density at radius 3 is 2.48 bits per heavy atom. The topological polar surface area (TPSA) is 115 Å². The van der Waals surface area contributed by atoms with E-state index in [0.29, 0.717) is 5.02 Å². The van der Waals surface area contributed by atoms with E-state index in [4.69, 9.17) is 17.3 Å². The molecule has 9 heteroatoms. The minimum atomic E-state index is -4.16. The summed E-state index contributed by atoms with van der Waals surface area (Å²) in [6.07, 6.45) is 0. The van der Waals surface area contributed by atoms with Crippen molar-refractivity contribution in [2.24, 2.45) is 0 Å². The van der Waals surface area contributed by atoms with Gasteiger partial charge in [0.05, 0.1) is 10.6 Å². The van der Waals surface area contributed by atoms with Gasteiger partial charge in [0.25, 0.3) is 10.0 Å². The van der Waals surface area contributed by atoms with Crippen LogP contribution in [0.1, 0.15) is 0 Å². The number of sulfonamides is 1. The van der Waals surface area contributed by atoms with Crippen molar-refractivity contribution in [1.29, 1.82) is 0 Å². The van der Waals surface area contributed by atoms with Crippen molar-refractivity contribution in [1.82, 2.24) is 0 Å². The molecule has 110 valence electrons. The zero-order valence-corrected chi connectivity index (χ0v) is 12.1. The van der Waals surface area contributed by atoms with Gasteiger partial charge in [-0.1, -0.05) is 23.7 Å². The molecule has 0 aliphatic heterocycles. The Morgan fingerprint density at radius 1 is 1.19 bits per heavy atom. The molecule has 0 heterocycles. The van der Waals surface area contributed by atoms with E-state index in [1.165, 1.54) is 24.3 Å². The molecule has 0 spiro atoms. The molecule has 7 nitrogen and oxygen atoms in total. The number of nitro groups is 1. The summed E-state index contributed by atoms with van der Waals surface area (Å²) in [4.78, 5) is 9.67. The molecule has 0 aromatic heterocycles. The first-order valence-corrected chi connectivity index (χ1v) is 7.48. The van der Waals surface area contributed by atoms with Gasteiger partial charge in [0, 0.05) is 5.02 Å². The van der Waals surface area contributed by atoms with E-state index in [0.717, 1.165) is 6.07 Å². The number of halogens is 1. The highest BCUT2D eigenvalue weighted by Gasteiger charge is 2.28. The second-order valence-corrected chi connectivity index (χ2v) is 6.15. The van der Waals surface area contributed by atoms with Gasteiger partial charge in [0.15, 0.2) is 4.90 Å². The summed E-state index contributed by atoms with van der Waals surface area (Å²) < 4.78 is 26.8. The van der Waals surface area contributed by atoms with Crippen LogP contribution in [0.5, 0.6) is 0 Å². The fourth-order valence-corrected chi connectivity index (χ4v) is 3.16. The van der Waals surface area contributed by atoms with Gasteiger partial charge in [-0.3, -0.25) is 14.8 Å². The summed E-state index contributed by atoms with van der Waals surface area (Å²) in [5, 5.41) is 11.3. The van der Waals surface area contributed by atoms with Crippen LogP contribution in [0.25, 0.3) is 0 Å². The molecule has 0 atom stereocenters. The number of nitro benzene ring substituents is 1. The Labute approximate surface area is 125 Å². The van der Waals surface area contributed by atoms with Gasteiger partial charge in [-0.25, -0.2) is 8.42 Å². The smallest absolute Gasteiger partial charge is 0.312 e. The van der Waals surface area contributed by atoms with E-state index in [1.54, 1.807) is 12.1 Å². The summed E-state index contributed by atoms with van der Waals surface area (Å²) >= 11 is 5.76. The predicted octanol–water partition coefficient (Wildman–Crippen LogP) is 2.63. The average Bonchev–Trinajstić information content (AvgIpc) is 2.37. The first kappa shape index (κ1) is 15.1. The number of hydrogen-bond acceptors (Lipinski definition) is 5. The Hall–Kier alpha value is -2.32. The third-order valence-electron chi connectivity index (χ3n) is 2.58. The van der Waals surface area contributed by atoms with E-state index in [9.17, 15) is 18.5 Å². The number of nitrogens with two attached hydrogens (primary N) is 1. The fourth-order valence-electron chi connectivity index (χ4n) is 1.71. The Bertz CT molecular complexity index is 808. The SMILES string of the molecule is Nc1cccc(S(=O)(=O)Nc2cccc(Cl)c2)c1[N+](=O)[O-]. The lowest BCUT2D eigenvalue weighted by molar-refractivity contribution is -0.386. The minimum Gasteiger partial charge on any atom is -0.393 e. The van der Waals surface area contributed by atoms with Crippen molar-refractivity contribution in [3.8, 4) is 0 Å². The second-order valence-electron chi connectivity index (χ2n) is 4.07. The van der Waals surface area contributed by atoms with Crippen molar-refractivity contribution in [3.63, 3.8) is 0 Å². The van der Waals surface area contributed by atoms with Crippen molar-refractivity contribution >= 4 is 38.7 Å². The highest BCUT2D eigenvalue weighted by Crippen LogP contribution is 2.31. The normalized spacial score (nSPS) is 11.1. The Morgan fingerprint density at radius 2 is 1.86 bits per heavy atom. The summed E-state index contributed by atoms with van der Waals surface area (Å²) in [7, 11) is -4.16. The van der Waals surface area contributed by atoms with Gasteiger partial charge in [-0.15, -0.1) is 0 Å². The van der Waals surface area contributed by atoms with Crippen LogP contribution < -0.4 is 10.5 Å². The second kappa shape index (κ2) is 5.58. The van der Waals surface area contributed by atoms with Crippen LogP contribution in [0.3, 0.4) is 0 Å². The summed E-state index contributed by atoms with van der Waals surface area (Å²) in [6.45, 7) is 0. The van der Waals surface area contributed by atoms with Gasteiger partial charge >= 0.3 is 5.69 Å². The molecule has 0 aliphatic carbocycles. The Kier molecular flexibility index (Phi) is 4.01. The Balaban J connectivity index is 2.50. The first-order chi connectivity index (χ1) is 9.81. The lowest BCUT2D eigenvalue weighted by atomic mass is 10.3. The lowest BCUT2D eigenvalue weighted by Gasteiger charge is -2.09. The van der Waals surface area contributed by atoms with E-state index in [2.05, 4.69) is 4.72 Å². The number of rotatable bonds is 4. The molecule has 3 N–H and O–H groups in total. The van der Waals surface area contributed by atoms with Crippen LogP contribution in [-0.4, -0.2) is 13.3 Å². The molecule has 21 heavy (non-hydrogen) atoms. The van der Waals surface area contributed by atoms with E-state index in [-0.39, 0.29) is 11.4 Å². The molecule has 0 fully saturated rings. The van der Waals surface area contributed by atoms with Crippen molar-refractivity contribution in [2.75, 3.05) is 10.5 Å². The van der Waals surface area contributed by atoms with Gasteiger partial charge in [-0.2, -0.15) is 0 Å². The molecule has 0 radical (unpaired) electrons. The maximum Gasteiger partial charge on any atom is 0.312 e. The van der Waals surface area contributed by atoms with Gasteiger partial charge in [0.2, 0.25) is 0 Å². The number of nitrogens with one attached hydrogen (secondary N) is 1. The molecule has 0 unspecified atom stereocenters. The summed E-state index contributed by atoms with van der Waals surface area (Å²) in [5.41, 5.74) is 4.79. The number of para-hydroxylation sites is 1. The van der Waals surface area contributed by atoms with Gasteiger partial charge < -0.3 is 5.73 Å². The third-order valence-corrected chi connectivity index (χ3v) is 4.23. The van der Waals surface area contributed by atoms with Crippen LogP contribution in [0.2, 0.25) is 5.02 Å². The number of benzene rings is 2. The molecule has 0 aliphatic rings. The van der Waals surface area contributed by atoms with Gasteiger partial charge in [0.1, 0.15) is 5.69 Å². The third kappa shape index (κ3) is 3.23. The number of nitrogens with zero attached hydrogens (tertiary/aromatic N) is 1. The van der Waals surface area contributed by atoms with Gasteiger partial charge in [-0.05, 0) is 30.3 Å². The van der Waals surface area contributed by atoms with Crippen molar-refractivity contribution in [3.05, 3.63) is 57.6 Å². The number of nitrogen functional groups attached to an aromatic ring is 1. The first-order valence-electron chi connectivity index (χ1n) is 5.62. The molecule has 0 saturated carbocycles. The van der Waals surface area contributed by atoms with Crippen LogP contribution in [0, 0.1) is 10.1 Å². The van der Waals surface area contributed by atoms with Crippen LogP contribution in [0.4, 0.5) is 17.1 Å². The summed E-state index contributed by atoms with van der Waals surface area (Å²) in [5.74, 6) is 0. The lowest BCUT2D eigenvalue weighted by Crippen LogP contribution is -2.15. The zero-order valence-electron chi connectivity index (χ0n) is 10.5. The molecule has 2 aromatic rings. The van der Waals surface area contributed by atoms with Crippen LogP contribution in [0.15, 0.2) is 47.4 Å². The molecule has 2 rings (SSSR count). The number of anilines is 2. The highest BCUT2D eigenvalue weighted by molar-refractivity contribution is 7.92. The summed E-state index contributed by atoms with van der Waals surface area (Å²) in [6, 6.07) is 9.68. The van der Waals surface area contributed by atoms with Crippen molar-refractivity contribution < 1.29 is 13.3 Å². The molecular formula is C12H10ClN3O4S. The fraction of sp³-hybridized carbons (Fsp3) is 0. The predicted molar refractivity (Wildman–Crippen MR) is 79.8 cm³/mol. The standard InChI is InChI=1S/C12H10ClN3O4S/c13-8-3-1-4-9(7-8)15-21(19,20)11-6-2-5-10(14)12(11)16(17)18/h1-7,15H,14H2. The molecule has 0 saturated heterocycles. The monoisotopic (exact) mass is 327 g/mol. The molecule has 0 amide bonds. The van der Waals surface area contributed by atoms with E-state index in [1.807, 2.05) is 0 Å². The molecule has 0 bridgehead atoms. The molecule has 2 aromatic carbocycles. The van der Waals surface area contributed by atoms with Crippen LogP contribution in [-0.2, 0) is 10.0 Å². The maximum absolute atomic E-state index is 12.3. The molecular weight excluding hydrogens is 318 g/mol. The van der Waals surface area contributed by atoms with E-state index < -0.39 is 25.5 Å². The van der Waals surface area contributed by atoms with Crippen molar-refractivity contribution in [2.45, 2.75) is 4.90 Å². The largest absolute Gasteiger partial charge is 0.393 e. The van der Waals surface area contributed by atoms with E-state index >= 15 is 0 Å². The maximum atomic E-state index is 12.3. The van der Waals surface area contributed by atoms with Crippen LogP contribution >= 0.6 is 11.6 Å². The average molecular weight is 328 g/mol.